The Balaban J connectivity index is 2.08. The lowest BCUT2D eigenvalue weighted by molar-refractivity contribution is 0.391. The van der Waals surface area contributed by atoms with Gasteiger partial charge in [-0.05, 0) is 12.1 Å². The van der Waals surface area contributed by atoms with Crippen LogP contribution in [0.15, 0.2) is 24.4 Å². The lowest BCUT2D eigenvalue weighted by Gasteiger charge is -2.10. The lowest BCUT2D eigenvalue weighted by atomic mass is 10.2. The molecule has 96 valence electrons. The van der Waals surface area contributed by atoms with E-state index in [2.05, 4.69) is 10.3 Å². The van der Waals surface area contributed by atoms with Crippen LogP contribution < -0.4 is 14.8 Å². The van der Waals surface area contributed by atoms with Gasteiger partial charge < -0.3 is 14.8 Å². The molecule has 2 aromatic rings. The van der Waals surface area contributed by atoms with Crippen LogP contribution in [0.25, 0.3) is 0 Å². The fourth-order valence-electron chi connectivity index (χ4n) is 1.50. The molecule has 0 saturated carbocycles. The van der Waals surface area contributed by atoms with Gasteiger partial charge in [-0.15, -0.1) is 0 Å². The Morgan fingerprint density at radius 1 is 1.33 bits per heavy atom. The third-order valence-electron chi connectivity index (χ3n) is 2.40. The Bertz CT molecular complexity index is 531. The van der Waals surface area contributed by atoms with Crippen LogP contribution in [0.3, 0.4) is 0 Å². The first-order chi connectivity index (χ1) is 8.72. The normalized spacial score (nSPS) is 10.2. The van der Waals surface area contributed by atoms with Crippen molar-refractivity contribution in [2.24, 2.45) is 0 Å². The summed E-state index contributed by atoms with van der Waals surface area (Å²) in [5.74, 6) is 1.55. The number of aromatic nitrogens is 1. The van der Waals surface area contributed by atoms with E-state index >= 15 is 0 Å². The number of benzene rings is 1. The van der Waals surface area contributed by atoms with E-state index in [1.165, 1.54) is 11.3 Å². The van der Waals surface area contributed by atoms with Crippen LogP contribution in [-0.2, 0) is 6.54 Å². The summed E-state index contributed by atoms with van der Waals surface area (Å²) in [4.78, 5) is 4.13. The number of thiazole rings is 1. The zero-order chi connectivity index (χ0) is 13.0. The van der Waals surface area contributed by atoms with E-state index in [0.29, 0.717) is 10.9 Å². The van der Waals surface area contributed by atoms with Crippen molar-refractivity contribution < 1.29 is 9.47 Å². The molecule has 18 heavy (non-hydrogen) atoms. The molecule has 0 bridgehead atoms. The highest BCUT2D eigenvalue weighted by Gasteiger charge is 2.06. The summed E-state index contributed by atoms with van der Waals surface area (Å²) >= 11 is 7.22. The van der Waals surface area contributed by atoms with Gasteiger partial charge in [-0.3, -0.25) is 0 Å². The van der Waals surface area contributed by atoms with Crippen LogP contribution >= 0.6 is 22.9 Å². The summed E-state index contributed by atoms with van der Waals surface area (Å²) < 4.78 is 11.1. The molecule has 0 radical (unpaired) electrons. The molecule has 1 aromatic carbocycles. The molecular formula is C12H13ClN2O2S. The number of rotatable bonds is 5. The van der Waals surface area contributed by atoms with E-state index in [1.54, 1.807) is 20.4 Å². The second kappa shape index (κ2) is 5.93. The summed E-state index contributed by atoms with van der Waals surface area (Å²) in [6.07, 6.45) is 1.62. The summed E-state index contributed by atoms with van der Waals surface area (Å²) in [5.41, 5.74) is 1.03. The van der Waals surface area contributed by atoms with Crippen LogP contribution in [0.2, 0.25) is 4.34 Å². The molecule has 0 atom stereocenters. The SMILES string of the molecule is COc1ccc(CNc2ncc(Cl)s2)c(OC)c1. The van der Waals surface area contributed by atoms with Crippen LogP contribution in [0, 0.1) is 0 Å². The lowest BCUT2D eigenvalue weighted by Crippen LogP contribution is -2.01. The Hall–Kier alpha value is -1.46. The molecule has 1 aromatic heterocycles. The van der Waals surface area contributed by atoms with Crippen molar-refractivity contribution in [2.75, 3.05) is 19.5 Å². The number of halogens is 1. The first-order valence-electron chi connectivity index (χ1n) is 5.29. The number of methoxy groups -OCH3 is 2. The summed E-state index contributed by atoms with van der Waals surface area (Å²) in [5, 5.41) is 3.99. The molecule has 0 unspecified atom stereocenters. The number of nitrogens with zero attached hydrogens (tertiary/aromatic N) is 1. The van der Waals surface area contributed by atoms with Gasteiger partial charge in [0.05, 0.1) is 20.4 Å². The maximum absolute atomic E-state index is 5.82. The monoisotopic (exact) mass is 284 g/mol. The van der Waals surface area contributed by atoms with Crippen molar-refractivity contribution in [1.29, 1.82) is 0 Å². The molecule has 0 aliphatic carbocycles. The summed E-state index contributed by atoms with van der Waals surface area (Å²) in [6.45, 7) is 0.622. The van der Waals surface area contributed by atoms with Crippen LogP contribution in [-0.4, -0.2) is 19.2 Å². The first kappa shape index (κ1) is 13.0. The second-order valence-corrected chi connectivity index (χ2v) is 5.16. The molecule has 1 heterocycles. The van der Waals surface area contributed by atoms with Crippen LogP contribution in [0.5, 0.6) is 11.5 Å². The summed E-state index contributed by atoms with van der Waals surface area (Å²) in [7, 11) is 3.27. The van der Waals surface area contributed by atoms with Gasteiger partial charge in [-0.25, -0.2) is 4.98 Å². The van der Waals surface area contributed by atoms with E-state index in [1.807, 2.05) is 18.2 Å². The quantitative estimate of drug-likeness (QED) is 0.913. The molecule has 2 rings (SSSR count). The van der Waals surface area contributed by atoms with E-state index < -0.39 is 0 Å². The Labute approximate surface area is 115 Å². The average molecular weight is 285 g/mol. The third kappa shape index (κ3) is 3.05. The molecule has 0 aliphatic rings. The molecule has 0 fully saturated rings. The number of anilines is 1. The van der Waals surface area contributed by atoms with Gasteiger partial charge in [-0.2, -0.15) is 0 Å². The summed E-state index contributed by atoms with van der Waals surface area (Å²) in [6, 6.07) is 5.71. The number of ether oxygens (including phenoxy) is 2. The highest BCUT2D eigenvalue weighted by atomic mass is 35.5. The number of nitrogens with one attached hydrogen (secondary N) is 1. The van der Waals surface area contributed by atoms with Gasteiger partial charge in [0.1, 0.15) is 15.8 Å². The van der Waals surface area contributed by atoms with Crippen molar-refractivity contribution in [3.8, 4) is 11.5 Å². The van der Waals surface area contributed by atoms with Gasteiger partial charge in [-0.1, -0.05) is 22.9 Å². The van der Waals surface area contributed by atoms with Crippen molar-refractivity contribution in [3.05, 3.63) is 34.3 Å². The third-order valence-corrected chi connectivity index (χ3v) is 3.47. The largest absolute Gasteiger partial charge is 0.497 e. The maximum atomic E-state index is 5.82. The fourth-order valence-corrected chi connectivity index (χ4v) is 2.31. The molecular weight excluding hydrogens is 272 g/mol. The van der Waals surface area contributed by atoms with E-state index in [4.69, 9.17) is 21.1 Å². The zero-order valence-corrected chi connectivity index (χ0v) is 11.6. The van der Waals surface area contributed by atoms with Crippen molar-refractivity contribution in [2.45, 2.75) is 6.54 Å². The molecule has 4 nitrogen and oxygen atoms in total. The molecule has 0 amide bonds. The molecule has 0 spiro atoms. The average Bonchev–Trinajstić information content (AvgIpc) is 2.82. The Morgan fingerprint density at radius 2 is 2.17 bits per heavy atom. The van der Waals surface area contributed by atoms with Gasteiger partial charge in [0.25, 0.3) is 0 Å². The second-order valence-electron chi connectivity index (χ2n) is 3.50. The Morgan fingerprint density at radius 3 is 2.78 bits per heavy atom. The highest BCUT2D eigenvalue weighted by Crippen LogP contribution is 2.27. The van der Waals surface area contributed by atoms with Crippen LogP contribution in [0.1, 0.15) is 5.56 Å². The maximum Gasteiger partial charge on any atom is 0.184 e. The van der Waals surface area contributed by atoms with Crippen LogP contribution in [0.4, 0.5) is 5.13 Å². The van der Waals surface area contributed by atoms with Gasteiger partial charge in [0.2, 0.25) is 0 Å². The van der Waals surface area contributed by atoms with E-state index in [9.17, 15) is 0 Å². The molecule has 1 N–H and O–H groups in total. The van der Waals surface area contributed by atoms with Crippen molar-refractivity contribution >= 4 is 28.1 Å². The van der Waals surface area contributed by atoms with E-state index in [-0.39, 0.29) is 0 Å². The Kier molecular flexibility index (Phi) is 4.28. The predicted octanol–water partition coefficient (Wildman–Crippen LogP) is 3.43. The first-order valence-corrected chi connectivity index (χ1v) is 6.48. The van der Waals surface area contributed by atoms with Crippen molar-refractivity contribution in [1.82, 2.24) is 4.98 Å². The highest BCUT2D eigenvalue weighted by molar-refractivity contribution is 7.19. The van der Waals surface area contributed by atoms with Gasteiger partial charge in [0.15, 0.2) is 5.13 Å². The fraction of sp³-hybridized carbons (Fsp3) is 0.250. The molecule has 0 aliphatic heterocycles. The van der Waals surface area contributed by atoms with Gasteiger partial charge >= 0.3 is 0 Å². The standard InChI is InChI=1S/C12H13ClN2O2S/c1-16-9-4-3-8(10(5-9)17-2)6-14-12-15-7-11(13)18-12/h3-5,7H,6H2,1-2H3,(H,14,15). The minimum atomic E-state index is 0.622. The molecule has 0 saturated heterocycles. The molecule has 6 heteroatoms. The van der Waals surface area contributed by atoms with Gasteiger partial charge in [0, 0.05) is 18.2 Å². The zero-order valence-electron chi connectivity index (χ0n) is 10.1. The minimum absolute atomic E-state index is 0.622. The van der Waals surface area contributed by atoms with E-state index in [0.717, 1.165) is 22.2 Å². The number of hydrogen-bond donors (Lipinski definition) is 1. The van der Waals surface area contributed by atoms with Crippen molar-refractivity contribution in [3.63, 3.8) is 0 Å². The number of hydrogen-bond acceptors (Lipinski definition) is 5. The predicted molar refractivity (Wildman–Crippen MR) is 74.0 cm³/mol. The minimum Gasteiger partial charge on any atom is -0.497 e. The smallest absolute Gasteiger partial charge is 0.184 e. The topological polar surface area (TPSA) is 43.4 Å².